The van der Waals surface area contributed by atoms with Crippen molar-refractivity contribution in [2.24, 2.45) is 0 Å². The number of hydrogen-bond acceptors (Lipinski definition) is 2. The second-order valence-electron chi connectivity index (χ2n) is 3.75. The zero-order valence-electron chi connectivity index (χ0n) is 9.09. The third-order valence-electron chi connectivity index (χ3n) is 2.46. The van der Waals surface area contributed by atoms with E-state index in [0.717, 1.165) is 35.1 Å². The second kappa shape index (κ2) is 4.78. The first-order chi connectivity index (χ1) is 7.74. The van der Waals surface area contributed by atoms with Gasteiger partial charge in [-0.1, -0.05) is 28.9 Å². The van der Waals surface area contributed by atoms with E-state index in [4.69, 9.17) is 0 Å². The van der Waals surface area contributed by atoms with E-state index in [0.29, 0.717) is 5.39 Å². The number of H-pyrrole nitrogens is 1. The van der Waals surface area contributed by atoms with Crippen LogP contribution in [0, 0.1) is 0 Å². The zero-order valence-corrected chi connectivity index (χ0v) is 10.7. The number of aryl methyl sites for hydroxylation is 1. The molecule has 0 saturated heterocycles. The molecule has 4 heteroatoms. The van der Waals surface area contributed by atoms with E-state index >= 15 is 0 Å². The summed E-state index contributed by atoms with van der Waals surface area (Å²) in [5, 5.41) is 1.41. The quantitative estimate of drug-likeness (QED) is 0.879. The Morgan fingerprint density at radius 1 is 1.44 bits per heavy atom. The molecule has 0 spiro atoms. The molecule has 84 valence electrons. The molecule has 2 aromatic rings. The molecule has 2 rings (SSSR count). The molecule has 0 radical (unpaired) electrons. The van der Waals surface area contributed by atoms with Crippen molar-refractivity contribution in [2.75, 3.05) is 0 Å². The first-order valence-corrected chi connectivity index (χ1v) is 6.44. The Morgan fingerprint density at radius 3 is 2.94 bits per heavy atom. The average molecular weight is 281 g/mol. The number of hydrogen-bond donors (Lipinski definition) is 1. The Bertz CT molecular complexity index is 562. The van der Waals surface area contributed by atoms with Crippen LogP contribution in [0.5, 0.6) is 0 Å². The van der Waals surface area contributed by atoms with Crippen LogP contribution in [0.25, 0.3) is 10.9 Å². The van der Waals surface area contributed by atoms with Gasteiger partial charge in [0, 0.05) is 11.8 Å². The molecule has 1 N–H and O–H groups in total. The van der Waals surface area contributed by atoms with E-state index in [9.17, 15) is 4.79 Å². The minimum atomic E-state index is -0.0451. The van der Waals surface area contributed by atoms with Gasteiger partial charge in [-0.3, -0.25) is 4.79 Å². The standard InChI is InChI=1S/C12H13BrN2O/c1-2-3-11-14-10-5-4-8(7-13)6-9(10)12(16)15-11/h4-6H,2-3,7H2,1H3,(H,14,15,16). The fourth-order valence-corrected chi connectivity index (χ4v) is 2.02. The Kier molecular flexibility index (Phi) is 3.39. The lowest BCUT2D eigenvalue weighted by Gasteiger charge is -2.02. The number of rotatable bonds is 3. The number of fused-ring (bicyclic) bond motifs is 1. The van der Waals surface area contributed by atoms with Gasteiger partial charge in [-0.25, -0.2) is 4.98 Å². The molecule has 0 bridgehead atoms. The van der Waals surface area contributed by atoms with Crippen LogP contribution in [0.4, 0.5) is 0 Å². The van der Waals surface area contributed by atoms with Gasteiger partial charge in [0.15, 0.2) is 0 Å². The van der Waals surface area contributed by atoms with Crippen molar-refractivity contribution >= 4 is 26.8 Å². The predicted molar refractivity (Wildman–Crippen MR) is 69.0 cm³/mol. The van der Waals surface area contributed by atoms with Gasteiger partial charge in [0.2, 0.25) is 0 Å². The molecule has 0 unspecified atom stereocenters. The summed E-state index contributed by atoms with van der Waals surface area (Å²) in [6, 6.07) is 5.77. The summed E-state index contributed by atoms with van der Waals surface area (Å²) in [6.07, 6.45) is 1.79. The van der Waals surface area contributed by atoms with Crippen molar-refractivity contribution in [3.8, 4) is 0 Å². The van der Waals surface area contributed by atoms with Gasteiger partial charge in [-0.2, -0.15) is 0 Å². The van der Waals surface area contributed by atoms with Gasteiger partial charge in [-0.15, -0.1) is 0 Å². The number of nitrogens with zero attached hydrogens (tertiary/aromatic N) is 1. The van der Waals surface area contributed by atoms with Gasteiger partial charge in [0.05, 0.1) is 10.9 Å². The summed E-state index contributed by atoms with van der Waals surface area (Å²) in [5.41, 5.74) is 1.82. The Hall–Kier alpha value is -1.16. The highest BCUT2D eigenvalue weighted by Crippen LogP contribution is 2.13. The van der Waals surface area contributed by atoms with Crippen LogP contribution in [0.15, 0.2) is 23.0 Å². The van der Waals surface area contributed by atoms with Crippen molar-refractivity contribution in [2.45, 2.75) is 25.1 Å². The maximum atomic E-state index is 11.8. The number of alkyl halides is 1. The highest BCUT2D eigenvalue weighted by Gasteiger charge is 2.03. The number of halogens is 1. The Morgan fingerprint density at radius 2 is 2.25 bits per heavy atom. The fourth-order valence-electron chi connectivity index (χ4n) is 1.67. The van der Waals surface area contributed by atoms with Gasteiger partial charge >= 0.3 is 0 Å². The van der Waals surface area contributed by atoms with E-state index < -0.39 is 0 Å². The maximum absolute atomic E-state index is 11.8. The van der Waals surface area contributed by atoms with Crippen LogP contribution in [0.3, 0.4) is 0 Å². The highest BCUT2D eigenvalue weighted by atomic mass is 79.9. The van der Waals surface area contributed by atoms with E-state index in [1.54, 1.807) is 0 Å². The molecule has 3 nitrogen and oxygen atoms in total. The van der Waals surface area contributed by atoms with Crippen molar-refractivity contribution in [1.29, 1.82) is 0 Å². The average Bonchev–Trinajstić information content (AvgIpc) is 2.29. The molecule has 0 atom stereocenters. The SMILES string of the molecule is CCCc1nc2ccc(CBr)cc2c(=O)[nH]1. The normalized spacial score (nSPS) is 10.9. The zero-order chi connectivity index (χ0) is 11.5. The monoisotopic (exact) mass is 280 g/mol. The lowest BCUT2D eigenvalue weighted by Crippen LogP contribution is -2.11. The second-order valence-corrected chi connectivity index (χ2v) is 4.31. The van der Waals surface area contributed by atoms with E-state index in [1.807, 2.05) is 18.2 Å². The Balaban J connectivity index is 2.62. The van der Waals surface area contributed by atoms with Crippen molar-refractivity contribution in [3.05, 3.63) is 39.9 Å². The molecule has 1 aromatic carbocycles. The van der Waals surface area contributed by atoms with Crippen molar-refractivity contribution < 1.29 is 0 Å². The summed E-state index contributed by atoms with van der Waals surface area (Å²) in [5.74, 6) is 0.770. The first kappa shape index (κ1) is 11.3. The summed E-state index contributed by atoms with van der Waals surface area (Å²) < 4.78 is 0. The molecule has 16 heavy (non-hydrogen) atoms. The summed E-state index contributed by atoms with van der Waals surface area (Å²) >= 11 is 3.37. The molecule has 0 amide bonds. The van der Waals surface area contributed by atoms with Crippen LogP contribution in [0.2, 0.25) is 0 Å². The minimum Gasteiger partial charge on any atom is -0.310 e. The smallest absolute Gasteiger partial charge is 0.258 e. The van der Waals surface area contributed by atoms with E-state index in [1.165, 1.54) is 0 Å². The summed E-state index contributed by atoms with van der Waals surface area (Å²) in [6.45, 7) is 2.07. The molecule has 1 aromatic heterocycles. The van der Waals surface area contributed by atoms with Crippen LogP contribution >= 0.6 is 15.9 Å². The first-order valence-electron chi connectivity index (χ1n) is 5.32. The summed E-state index contributed by atoms with van der Waals surface area (Å²) in [7, 11) is 0. The van der Waals surface area contributed by atoms with Gasteiger partial charge in [-0.05, 0) is 24.1 Å². The molecule has 1 heterocycles. The van der Waals surface area contributed by atoms with Gasteiger partial charge in [0.1, 0.15) is 5.82 Å². The number of benzene rings is 1. The van der Waals surface area contributed by atoms with Gasteiger partial charge in [0.25, 0.3) is 5.56 Å². The number of aromatic nitrogens is 2. The van der Waals surface area contributed by atoms with E-state index in [-0.39, 0.29) is 5.56 Å². The van der Waals surface area contributed by atoms with Gasteiger partial charge < -0.3 is 4.98 Å². The molecule has 0 fully saturated rings. The molecule has 0 aliphatic heterocycles. The Labute approximate surface area is 102 Å². The molecular weight excluding hydrogens is 268 g/mol. The molecule has 0 saturated carbocycles. The highest BCUT2D eigenvalue weighted by molar-refractivity contribution is 9.08. The maximum Gasteiger partial charge on any atom is 0.258 e. The van der Waals surface area contributed by atoms with Crippen molar-refractivity contribution in [1.82, 2.24) is 9.97 Å². The van der Waals surface area contributed by atoms with Crippen LogP contribution in [0.1, 0.15) is 24.7 Å². The lowest BCUT2D eigenvalue weighted by molar-refractivity contribution is 0.837. The number of nitrogens with one attached hydrogen (secondary N) is 1. The third kappa shape index (κ3) is 2.16. The van der Waals surface area contributed by atoms with Crippen molar-refractivity contribution in [3.63, 3.8) is 0 Å². The predicted octanol–water partition coefficient (Wildman–Crippen LogP) is 2.77. The summed E-state index contributed by atoms with van der Waals surface area (Å²) in [4.78, 5) is 19.1. The fraction of sp³-hybridized carbons (Fsp3) is 0.333. The van der Waals surface area contributed by atoms with E-state index in [2.05, 4.69) is 32.8 Å². The van der Waals surface area contributed by atoms with Crippen LogP contribution in [-0.2, 0) is 11.8 Å². The van der Waals surface area contributed by atoms with Crippen LogP contribution < -0.4 is 5.56 Å². The lowest BCUT2D eigenvalue weighted by atomic mass is 10.1. The molecule has 0 aliphatic carbocycles. The molecule has 0 aliphatic rings. The topological polar surface area (TPSA) is 45.8 Å². The molecular formula is C12H13BrN2O. The number of aromatic amines is 1. The third-order valence-corrected chi connectivity index (χ3v) is 3.11. The van der Waals surface area contributed by atoms with Crippen LogP contribution in [-0.4, -0.2) is 9.97 Å². The minimum absolute atomic E-state index is 0.0451. The largest absolute Gasteiger partial charge is 0.310 e.